The standard InChI is InChI=1S/C35H65BrO3Si2/c1-14-15-19-27(2)33(39-41(12,13)35(7,8)9)22-21-31-28(3)24-29(26-37)32(31)25-30(36)20-17-16-18-23-38-40(10,11)34(4,5)6/h20-22,27-29,31-33,37H,16-19,23-26H2,1-13H3/b22-21+,30-20-/t27?,28-,29-,31+,32+,33-/m1/s1. The van der Waals surface area contributed by atoms with Gasteiger partial charge in [0, 0.05) is 19.6 Å². The van der Waals surface area contributed by atoms with E-state index in [2.05, 4.69) is 128 Å². The molecule has 1 aliphatic rings. The molecule has 0 aromatic rings. The van der Waals surface area contributed by atoms with Gasteiger partial charge in [-0.05, 0) is 109 Å². The molecular weight excluding hydrogens is 604 g/mol. The molecule has 0 aliphatic heterocycles. The molecular formula is C35H65BrO3Si2. The number of hydrogen-bond donors (Lipinski definition) is 1. The van der Waals surface area contributed by atoms with Crippen LogP contribution in [0.3, 0.4) is 0 Å². The van der Waals surface area contributed by atoms with Crippen LogP contribution in [0.2, 0.25) is 36.3 Å². The van der Waals surface area contributed by atoms with Gasteiger partial charge in [-0.1, -0.05) is 89.5 Å². The molecule has 3 nitrogen and oxygen atoms in total. The van der Waals surface area contributed by atoms with Gasteiger partial charge >= 0.3 is 0 Å². The van der Waals surface area contributed by atoms with E-state index < -0.39 is 16.6 Å². The van der Waals surface area contributed by atoms with Crippen molar-refractivity contribution < 1.29 is 14.0 Å². The van der Waals surface area contributed by atoms with Crippen LogP contribution in [0.5, 0.6) is 0 Å². The molecule has 0 aromatic carbocycles. The summed E-state index contributed by atoms with van der Waals surface area (Å²) in [6.07, 6.45) is 13.4. The minimum atomic E-state index is -1.94. The van der Waals surface area contributed by atoms with Crippen molar-refractivity contribution in [2.24, 2.45) is 29.6 Å². The summed E-state index contributed by atoms with van der Waals surface area (Å²) in [5.74, 6) is 8.43. The highest BCUT2D eigenvalue weighted by Crippen LogP contribution is 2.46. The van der Waals surface area contributed by atoms with Gasteiger partial charge in [0.25, 0.3) is 0 Å². The lowest BCUT2D eigenvalue weighted by Gasteiger charge is -2.40. The number of aliphatic hydroxyl groups excluding tert-OH is 1. The molecule has 0 radical (unpaired) electrons. The highest BCUT2D eigenvalue weighted by molar-refractivity contribution is 9.11. The van der Waals surface area contributed by atoms with E-state index in [0.29, 0.717) is 29.6 Å². The summed E-state index contributed by atoms with van der Waals surface area (Å²) in [6.45, 7) is 30.8. The van der Waals surface area contributed by atoms with Gasteiger partial charge in [0.2, 0.25) is 0 Å². The van der Waals surface area contributed by atoms with E-state index in [1.54, 1.807) is 0 Å². The zero-order chi connectivity index (χ0) is 31.6. The Morgan fingerprint density at radius 3 is 2.20 bits per heavy atom. The normalized spacial score (nSPS) is 24.4. The molecule has 1 saturated carbocycles. The predicted molar refractivity (Wildman–Crippen MR) is 188 cm³/mol. The molecule has 0 heterocycles. The van der Waals surface area contributed by atoms with E-state index >= 15 is 0 Å². The van der Waals surface area contributed by atoms with Crippen molar-refractivity contribution in [1.29, 1.82) is 0 Å². The predicted octanol–water partition coefficient (Wildman–Crippen LogP) is 10.7. The zero-order valence-electron chi connectivity index (χ0n) is 29.0. The molecule has 6 heteroatoms. The van der Waals surface area contributed by atoms with E-state index in [0.717, 1.165) is 45.1 Å². The average Bonchev–Trinajstić information content (AvgIpc) is 3.14. The summed E-state index contributed by atoms with van der Waals surface area (Å²) in [5.41, 5.74) is 0. The molecule has 0 amide bonds. The van der Waals surface area contributed by atoms with Crippen molar-refractivity contribution in [3.05, 3.63) is 22.7 Å². The minimum absolute atomic E-state index is 0.0605. The van der Waals surface area contributed by atoms with Crippen LogP contribution in [0, 0.1) is 41.4 Å². The molecule has 1 aliphatic carbocycles. The Morgan fingerprint density at radius 2 is 1.66 bits per heavy atom. The van der Waals surface area contributed by atoms with Crippen molar-refractivity contribution in [3.63, 3.8) is 0 Å². The fourth-order valence-electron chi connectivity index (χ4n) is 5.23. The maximum atomic E-state index is 10.3. The lowest BCUT2D eigenvalue weighted by Crippen LogP contribution is -2.45. The van der Waals surface area contributed by atoms with Crippen LogP contribution < -0.4 is 0 Å². The van der Waals surface area contributed by atoms with Crippen molar-refractivity contribution in [3.8, 4) is 11.8 Å². The van der Waals surface area contributed by atoms with Gasteiger partial charge in [-0.15, -0.1) is 11.8 Å². The van der Waals surface area contributed by atoms with Gasteiger partial charge in [-0.25, -0.2) is 0 Å². The summed E-state index contributed by atoms with van der Waals surface area (Å²) < 4.78 is 14.6. The van der Waals surface area contributed by atoms with Crippen LogP contribution in [0.4, 0.5) is 0 Å². The molecule has 1 N–H and O–H groups in total. The Labute approximate surface area is 266 Å². The molecule has 1 rings (SSSR count). The molecule has 0 spiro atoms. The maximum Gasteiger partial charge on any atom is 0.192 e. The summed E-state index contributed by atoms with van der Waals surface area (Å²) >= 11 is 3.91. The Morgan fingerprint density at radius 1 is 1.05 bits per heavy atom. The first-order valence-corrected chi connectivity index (χ1v) is 22.7. The lowest BCUT2D eigenvalue weighted by molar-refractivity contribution is 0.168. The smallest absolute Gasteiger partial charge is 0.192 e. The fourth-order valence-corrected chi connectivity index (χ4v) is 8.26. The van der Waals surface area contributed by atoms with Crippen molar-refractivity contribution in [2.75, 3.05) is 13.2 Å². The second kappa shape index (κ2) is 16.8. The monoisotopic (exact) mass is 668 g/mol. The third kappa shape index (κ3) is 12.4. The molecule has 1 fully saturated rings. The van der Waals surface area contributed by atoms with Crippen LogP contribution in [0.25, 0.3) is 0 Å². The molecule has 0 saturated heterocycles. The molecule has 0 aromatic heterocycles. The quantitative estimate of drug-likeness (QED) is 0.0816. The number of rotatable bonds is 15. The zero-order valence-corrected chi connectivity index (χ0v) is 32.6. The van der Waals surface area contributed by atoms with Crippen LogP contribution in [-0.4, -0.2) is 41.1 Å². The Kier molecular flexibility index (Phi) is 15.9. The Balaban J connectivity index is 2.94. The van der Waals surface area contributed by atoms with E-state index in [-0.39, 0.29) is 22.8 Å². The van der Waals surface area contributed by atoms with Crippen LogP contribution in [0.1, 0.15) is 101 Å². The van der Waals surface area contributed by atoms with Gasteiger partial charge in [0.15, 0.2) is 16.6 Å². The first kappa shape index (κ1) is 38.9. The molecule has 6 atom stereocenters. The lowest BCUT2D eigenvalue weighted by atomic mass is 9.84. The average molecular weight is 670 g/mol. The second-order valence-electron chi connectivity index (χ2n) is 15.7. The number of halogens is 1. The van der Waals surface area contributed by atoms with Crippen molar-refractivity contribution in [2.45, 2.75) is 143 Å². The first-order chi connectivity index (χ1) is 18.8. The van der Waals surface area contributed by atoms with Gasteiger partial charge in [0.05, 0.1) is 6.10 Å². The Bertz CT molecular complexity index is 901. The number of aliphatic hydroxyl groups is 1. The van der Waals surface area contributed by atoms with Crippen LogP contribution in [0.15, 0.2) is 22.7 Å². The molecule has 41 heavy (non-hydrogen) atoms. The number of unbranched alkanes of at least 4 members (excludes halogenated alkanes) is 2. The molecule has 238 valence electrons. The highest BCUT2D eigenvalue weighted by atomic mass is 79.9. The van der Waals surface area contributed by atoms with E-state index in [9.17, 15) is 5.11 Å². The molecule has 0 bridgehead atoms. The summed E-state index contributed by atoms with van der Waals surface area (Å²) in [7, 11) is -3.59. The van der Waals surface area contributed by atoms with E-state index in [1.807, 2.05) is 6.92 Å². The van der Waals surface area contributed by atoms with Crippen LogP contribution >= 0.6 is 15.9 Å². The topological polar surface area (TPSA) is 38.7 Å². The molecule has 1 unspecified atom stereocenters. The third-order valence-corrected chi connectivity index (χ3v) is 19.9. The number of hydrogen-bond acceptors (Lipinski definition) is 3. The maximum absolute atomic E-state index is 10.3. The SMILES string of the molecule is CC#CCC(C)[C@@H](/C=C/[C@@H]1[C@@H](C/C(Br)=C/CCCCO[Si](C)(C)C(C)(C)C)[C@@H](CO)C[C@H]1C)O[Si](C)(C)C(C)(C)C. The second-order valence-corrected chi connectivity index (χ2v) is 26.3. The number of allylic oxidation sites excluding steroid dienone is 3. The first-order valence-electron chi connectivity index (χ1n) is 16.1. The van der Waals surface area contributed by atoms with Gasteiger partial charge in [-0.2, -0.15) is 0 Å². The van der Waals surface area contributed by atoms with Gasteiger partial charge in [0.1, 0.15) is 0 Å². The van der Waals surface area contributed by atoms with E-state index in [1.165, 1.54) is 4.48 Å². The van der Waals surface area contributed by atoms with Crippen molar-refractivity contribution >= 4 is 32.6 Å². The van der Waals surface area contributed by atoms with E-state index in [4.69, 9.17) is 8.85 Å². The minimum Gasteiger partial charge on any atom is -0.417 e. The van der Waals surface area contributed by atoms with Crippen LogP contribution in [-0.2, 0) is 8.85 Å². The highest BCUT2D eigenvalue weighted by Gasteiger charge is 2.42. The summed E-state index contributed by atoms with van der Waals surface area (Å²) in [6, 6.07) is 0. The summed E-state index contributed by atoms with van der Waals surface area (Å²) in [4.78, 5) is 0. The summed E-state index contributed by atoms with van der Waals surface area (Å²) in [5, 5.41) is 10.7. The fraction of sp³-hybridized carbons (Fsp3) is 0.829. The van der Waals surface area contributed by atoms with Gasteiger partial charge < -0.3 is 14.0 Å². The largest absolute Gasteiger partial charge is 0.417 e. The van der Waals surface area contributed by atoms with Gasteiger partial charge in [-0.3, -0.25) is 0 Å². The third-order valence-electron chi connectivity index (χ3n) is 10.3. The Hall–Kier alpha value is -0.166. The van der Waals surface area contributed by atoms with Crippen molar-refractivity contribution in [1.82, 2.24) is 0 Å².